The van der Waals surface area contributed by atoms with Gasteiger partial charge in [-0.3, -0.25) is 4.98 Å². The number of nitrogens with one attached hydrogen (secondary N) is 1. The van der Waals surface area contributed by atoms with E-state index in [4.69, 9.17) is 4.52 Å². The lowest BCUT2D eigenvalue weighted by Gasteiger charge is -2.03. The van der Waals surface area contributed by atoms with Crippen LogP contribution in [0.1, 0.15) is 30.1 Å². The van der Waals surface area contributed by atoms with Gasteiger partial charge >= 0.3 is 0 Å². The largest absolute Gasteiger partial charge is 0.339 e. The van der Waals surface area contributed by atoms with E-state index in [9.17, 15) is 0 Å². The number of rotatable bonds is 5. The first-order valence-electron chi connectivity index (χ1n) is 6.81. The highest BCUT2D eigenvalue weighted by Crippen LogP contribution is 2.15. The van der Waals surface area contributed by atoms with E-state index in [-0.39, 0.29) is 0 Å². The van der Waals surface area contributed by atoms with Gasteiger partial charge in [-0.25, -0.2) is 0 Å². The molecule has 3 heterocycles. The second-order valence-electron chi connectivity index (χ2n) is 5.03. The molecule has 1 aliphatic rings. The number of pyridine rings is 1. The van der Waals surface area contributed by atoms with Crippen molar-refractivity contribution in [2.75, 3.05) is 13.1 Å². The maximum atomic E-state index is 5.30. The molecular formula is C14H18N4O. The average Bonchev–Trinajstić information content (AvgIpc) is 3.09. The van der Waals surface area contributed by atoms with Crippen molar-refractivity contribution in [1.82, 2.24) is 20.4 Å². The summed E-state index contributed by atoms with van der Waals surface area (Å²) in [6, 6.07) is 3.94. The smallest absolute Gasteiger partial charge is 0.226 e. The lowest BCUT2D eigenvalue weighted by atomic mass is 10.0. The molecule has 1 atom stereocenters. The molecule has 0 bridgehead atoms. The minimum Gasteiger partial charge on any atom is -0.339 e. The molecule has 1 saturated heterocycles. The van der Waals surface area contributed by atoms with Gasteiger partial charge in [0.05, 0.1) is 0 Å². The Morgan fingerprint density at radius 1 is 1.32 bits per heavy atom. The van der Waals surface area contributed by atoms with Crippen molar-refractivity contribution in [3.05, 3.63) is 41.8 Å². The number of nitrogens with zero attached hydrogens (tertiary/aromatic N) is 3. The maximum Gasteiger partial charge on any atom is 0.226 e. The molecule has 100 valence electrons. The van der Waals surface area contributed by atoms with Crippen molar-refractivity contribution in [3.63, 3.8) is 0 Å². The van der Waals surface area contributed by atoms with Crippen molar-refractivity contribution in [2.45, 2.75) is 25.7 Å². The van der Waals surface area contributed by atoms with Gasteiger partial charge in [0, 0.05) is 25.2 Å². The van der Waals surface area contributed by atoms with Gasteiger partial charge in [0.25, 0.3) is 0 Å². The molecule has 1 unspecified atom stereocenters. The summed E-state index contributed by atoms with van der Waals surface area (Å²) in [6.07, 6.45) is 7.54. The van der Waals surface area contributed by atoms with Gasteiger partial charge in [0.2, 0.25) is 5.89 Å². The van der Waals surface area contributed by atoms with Gasteiger partial charge in [0.15, 0.2) is 5.82 Å². The van der Waals surface area contributed by atoms with Gasteiger partial charge in [0.1, 0.15) is 0 Å². The Labute approximate surface area is 112 Å². The van der Waals surface area contributed by atoms with E-state index in [2.05, 4.69) is 20.4 Å². The van der Waals surface area contributed by atoms with Crippen molar-refractivity contribution < 1.29 is 4.52 Å². The second kappa shape index (κ2) is 5.93. The first-order valence-corrected chi connectivity index (χ1v) is 6.81. The van der Waals surface area contributed by atoms with Crippen molar-refractivity contribution in [3.8, 4) is 0 Å². The third-order valence-corrected chi connectivity index (χ3v) is 3.55. The molecule has 0 radical (unpaired) electrons. The number of aryl methyl sites for hydroxylation is 1. The van der Waals surface area contributed by atoms with Gasteiger partial charge in [-0.1, -0.05) is 5.16 Å². The van der Waals surface area contributed by atoms with Crippen LogP contribution in [0.5, 0.6) is 0 Å². The summed E-state index contributed by atoms with van der Waals surface area (Å²) in [5, 5.41) is 7.41. The predicted octanol–water partition coefficient (Wildman–Crippen LogP) is 1.60. The zero-order valence-electron chi connectivity index (χ0n) is 10.9. The Morgan fingerprint density at radius 3 is 3.00 bits per heavy atom. The summed E-state index contributed by atoms with van der Waals surface area (Å²) in [6.45, 7) is 2.26. The zero-order chi connectivity index (χ0) is 12.9. The molecule has 1 N–H and O–H groups in total. The summed E-state index contributed by atoms with van der Waals surface area (Å²) in [5.41, 5.74) is 1.15. The summed E-state index contributed by atoms with van der Waals surface area (Å²) < 4.78 is 5.30. The van der Waals surface area contributed by atoms with E-state index in [1.807, 2.05) is 12.1 Å². The van der Waals surface area contributed by atoms with Crippen LogP contribution in [0.25, 0.3) is 0 Å². The summed E-state index contributed by atoms with van der Waals surface area (Å²) in [7, 11) is 0. The summed E-state index contributed by atoms with van der Waals surface area (Å²) in [5.74, 6) is 2.28. The van der Waals surface area contributed by atoms with Crippen LogP contribution >= 0.6 is 0 Å². The monoisotopic (exact) mass is 258 g/mol. The Bertz CT molecular complexity index is 505. The highest BCUT2D eigenvalue weighted by Gasteiger charge is 2.16. The normalized spacial score (nSPS) is 18.8. The lowest BCUT2D eigenvalue weighted by molar-refractivity contribution is 0.361. The Hall–Kier alpha value is -1.75. The van der Waals surface area contributed by atoms with Crippen LogP contribution in [0, 0.1) is 5.92 Å². The van der Waals surface area contributed by atoms with E-state index in [1.54, 1.807) is 12.4 Å². The predicted molar refractivity (Wildman–Crippen MR) is 70.6 cm³/mol. The van der Waals surface area contributed by atoms with Crippen molar-refractivity contribution >= 4 is 0 Å². The third kappa shape index (κ3) is 3.38. The van der Waals surface area contributed by atoms with Gasteiger partial charge in [-0.05, 0) is 49.5 Å². The highest BCUT2D eigenvalue weighted by atomic mass is 16.5. The average molecular weight is 258 g/mol. The minimum absolute atomic E-state index is 0.705. The molecule has 0 aromatic carbocycles. The minimum atomic E-state index is 0.705. The quantitative estimate of drug-likeness (QED) is 0.882. The Morgan fingerprint density at radius 2 is 2.21 bits per heavy atom. The molecule has 3 rings (SSSR count). The molecule has 19 heavy (non-hydrogen) atoms. The van der Waals surface area contributed by atoms with Crippen LogP contribution in [0.15, 0.2) is 29.0 Å². The maximum absolute atomic E-state index is 5.30. The molecule has 2 aromatic heterocycles. The number of aromatic nitrogens is 3. The van der Waals surface area contributed by atoms with Crippen molar-refractivity contribution in [1.29, 1.82) is 0 Å². The van der Waals surface area contributed by atoms with Crippen LogP contribution in [0.2, 0.25) is 0 Å². The molecule has 0 amide bonds. The topological polar surface area (TPSA) is 63.8 Å². The van der Waals surface area contributed by atoms with E-state index >= 15 is 0 Å². The van der Waals surface area contributed by atoms with E-state index in [1.165, 1.54) is 6.42 Å². The number of hydrogen-bond acceptors (Lipinski definition) is 5. The lowest BCUT2D eigenvalue weighted by Crippen LogP contribution is -2.09. The van der Waals surface area contributed by atoms with Gasteiger partial charge < -0.3 is 9.84 Å². The molecule has 1 aliphatic heterocycles. The highest BCUT2D eigenvalue weighted by molar-refractivity contribution is 5.14. The molecule has 2 aromatic rings. The standard InChI is InChI=1S/C14H18N4O/c1(12-5-8-16-10-12)2-14-17-13(18-19-14)9-11-3-6-15-7-4-11/h3-4,6-7,12,16H,1-2,5,8-10H2. The summed E-state index contributed by atoms with van der Waals surface area (Å²) in [4.78, 5) is 8.44. The fourth-order valence-electron chi connectivity index (χ4n) is 2.44. The van der Waals surface area contributed by atoms with E-state index < -0.39 is 0 Å². The summed E-state index contributed by atoms with van der Waals surface area (Å²) >= 11 is 0. The van der Waals surface area contributed by atoms with E-state index in [0.717, 1.165) is 49.1 Å². The Balaban J connectivity index is 1.54. The first-order chi connectivity index (χ1) is 9.40. The number of hydrogen-bond donors (Lipinski definition) is 1. The van der Waals surface area contributed by atoms with Crippen LogP contribution in [-0.2, 0) is 12.8 Å². The Kier molecular flexibility index (Phi) is 3.83. The van der Waals surface area contributed by atoms with Crippen LogP contribution in [0.3, 0.4) is 0 Å². The molecule has 0 aliphatic carbocycles. The van der Waals surface area contributed by atoms with Gasteiger partial charge in [-0.2, -0.15) is 4.98 Å². The van der Waals surface area contributed by atoms with Crippen LogP contribution < -0.4 is 5.32 Å². The van der Waals surface area contributed by atoms with E-state index in [0.29, 0.717) is 6.42 Å². The molecule has 0 spiro atoms. The van der Waals surface area contributed by atoms with Crippen LogP contribution in [-0.4, -0.2) is 28.2 Å². The molecule has 1 fully saturated rings. The fourth-order valence-corrected chi connectivity index (χ4v) is 2.44. The SMILES string of the molecule is c1cc(Cc2noc(CCC3CCNC3)n2)ccn1. The third-order valence-electron chi connectivity index (χ3n) is 3.55. The molecule has 5 heteroatoms. The fraction of sp³-hybridized carbons (Fsp3) is 0.500. The zero-order valence-corrected chi connectivity index (χ0v) is 10.9. The van der Waals surface area contributed by atoms with Crippen LogP contribution in [0.4, 0.5) is 0 Å². The molecular weight excluding hydrogens is 240 g/mol. The molecule has 0 saturated carbocycles. The first kappa shape index (κ1) is 12.3. The second-order valence-corrected chi connectivity index (χ2v) is 5.03. The van der Waals surface area contributed by atoms with Crippen molar-refractivity contribution in [2.24, 2.45) is 5.92 Å². The molecule has 5 nitrogen and oxygen atoms in total. The van der Waals surface area contributed by atoms with Gasteiger partial charge in [-0.15, -0.1) is 0 Å².